The number of hydrogen-bond acceptors (Lipinski definition) is 3. The first-order valence-electron chi connectivity index (χ1n) is 6.95. The predicted molar refractivity (Wildman–Crippen MR) is 90.1 cm³/mol. The van der Waals surface area contributed by atoms with Crippen molar-refractivity contribution in [2.24, 2.45) is 11.1 Å². The quantitative estimate of drug-likeness (QED) is 0.846. The summed E-state index contributed by atoms with van der Waals surface area (Å²) < 4.78 is 0. The van der Waals surface area contributed by atoms with Gasteiger partial charge >= 0.3 is 0 Å². The summed E-state index contributed by atoms with van der Waals surface area (Å²) >= 11 is 13.6. The summed E-state index contributed by atoms with van der Waals surface area (Å²) in [5.74, 6) is 0.133. The Morgan fingerprint density at radius 1 is 1.52 bits per heavy atom. The van der Waals surface area contributed by atoms with Gasteiger partial charge in [-0.1, -0.05) is 30.1 Å². The van der Waals surface area contributed by atoms with E-state index < -0.39 is 0 Å². The van der Waals surface area contributed by atoms with Crippen molar-refractivity contribution in [2.45, 2.75) is 30.4 Å². The van der Waals surface area contributed by atoms with Crippen molar-refractivity contribution in [1.82, 2.24) is 4.90 Å². The second-order valence-electron chi connectivity index (χ2n) is 5.86. The molecule has 1 aliphatic rings. The van der Waals surface area contributed by atoms with E-state index >= 15 is 0 Å². The van der Waals surface area contributed by atoms with Gasteiger partial charge in [0.05, 0.1) is 10.3 Å². The van der Waals surface area contributed by atoms with E-state index in [0.717, 1.165) is 24.4 Å². The van der Waals surface area contributed by atoms with Crippen molar-refractivity contribution in [3.8, 4) is 0 Å². The third-order valence-corrected chi connectivity index (χ3v) is 5.73. The summed E-state index contributed by atoms with van der Waals surface area (Å²) in [5, 5.41) is 1.05. The fraction of sp³-hybridized carbons (Fsp3) is 0.533. The average Bonchev–Trinajstić information content (AvgIpc) is 2.85. The van der Waals surface area contributed by atoms with E-state index in [0.29, 0.717) is 16.6 Å². The topological polar surface area (TPSA) is 46.3 Å². The molecule has 0 spiro atoms. The van der Waals surface area contributed by atoms with E-state index in [-0.39, 0.29) is 16.6 Å². The molecule has 6 heteroatoms. The minimum absolute atomic E-state index is 0.0494. The van der Waals surface area contributed by atoms with Gasteiger partial charge in [-0.25, -0.2) is 0 Å². The second kappa shape index (κ2) is 6.78. The van der Waals surface area contributed by atoms with Crippen LogP contribution in [0.4, 0.5) is 0 Å². The summed E-state index contributed by atoms with van der Waals surface area (Å²) in [7, 11) is 0. The van der Waals surface area contributed by atoms with E-state index in [1.807, 2.05) is 11.8 Å². The molecule has 1 aromatic carbocycles. The highest BCUT2D eigenvalue weighted by Gasteiger charge is 2.36. The Bertz CT molecular complexity index is 540. The summed E-state index contributed by atoms with van der Waals surface area (Å²) in [4.78, 5) is 15.3. The second-order valence-corrected chi connectivity index (χ2v) is 8.09. The van der Waals surface area contributed by atoms with Gasteiger partial charge in [0, 0.05) is 23.0 Å². The molecule has 2 N–H and O–H groups in total. The molecule has 1 heterocycles. The van der Waals surface area contributed by atoms with Crippen LogP contribution in [0.1, 0.15) is 20.3 Å². The van der Waals surface area contributed by atoms with Crippen LogP contribution in [0, 0.1) is 5.41 Å². The zero-order valence-corrected chi connectivity index (χ0v) is 14.6. The first-order chi connectivity index (χ1) is 9.84. The van der Waals surface area contributed by atoms with Gasteiger partial charge in [-0.15, -0.1) is 11.8 Å². The van der Waals surface area contributed by atoms with Crippen LogP contribution in [0.3, 0.4) is 0 Å². The molecule has 2 unspecified atom stereocenters. The third-order valence-electron chi connectivity index (χ3n) is 3.91. The molecule has 0 radical (unpaired) electrons. The molecule has 2 atom stereocenters. The largest absolute Gasteiger partial charge is 0.341 e. The van der Waals surface area contributed by atoms with Gasteiger partial charge < -0.3 is 10.6 Å². The highest BCUT2D eigenvalue weighted by atomic mass is 35.5. The zero-order chi connectivity index (χ0) is 15.6. The number of amides is 1. The number of hydrogen-bond donors (Lipinski definition) is 1. The van der Waals surface area contributed by atoms with E-state index in [2.05, 4.69) is 6.92 Å². The number of halogens is 2. The number of thioether (sulfide) groups is 1. The lowest BCUT2D eigenvalue weighted by Gasteiger charge is -2.24. The minimum Gasteiger partial charge on any atom is -0.341 e. The van der Waals surface area contributed by atoms with Crippen molar-refractivity contribution < 1.29 is 4.79 Å². The van der Waals surface area contributed by atoms with Crippen LogP contribution in [0.25, 0.3) is 0 Å². The maximum atomic E-state index is 12.5. The van der Waals surface area contributed by atoms with E-state index in [4.69, 9.17) is 28.9 Å². The van der Waals surface area contributed by atoms with Crippen LogP contribution in [0.15, 0.2) is 23.1 Å². The van der Waals surface area contributed by atoms with Gasteiger partial charge in [0.1, 0.15) is 0 Å². The maximum absolute atomic E-state index is 12.5. The van der Waals surface area contributed by atoms with Crippen LogP contribution in [0.5, 0.6) is 0 Å². The lowest BCUT2D eigenvalue weighted by Crippen LogP contribution is -2.38. The molecule has 0 aromatic heterocycles. The molecular formula is C15H20Cl2N2OS. The van der Waals surface area contributed by atoms with Gasteiger partial charge in [-0.3, -0.25) is 4.79 Å². The molecule has 1 aliphatic heterocycles. The number of carbonyl (C=O) groups excluding carboxylic acids is 1. The van der Waals surface area contributed by atoms with Crippen LogP contribution >= 0.6 is 35.0 Å². The third kappa shape index (κ3) is 4.07. The molecule has 0 bridgehead atoms. The SMILES string of the molecule is CC(Sc1cc(Cl)ccc1Cl)C(=O)N1CCC(C)(CN)C1. The summed E-state index contributed by atoms with van der Waals surface area (Å²) in [6.07, 6.45) is 0.963. The Hall–Kier alpha value is -0.420. The number of likely N-dealkylation sites (tertiary alicyclic amines) is 1. The molecule has 3 nitrogen and oxygen atoms in total. The first kappa shape index (κ1) is 16.9. The number of nitrogens with zero attached hydrogens (tertiary/aromatic N) is 1. The molecule has 2 rings (SSSR count). The number of rotatable bonds is 4. The van der Waals surface area contributed by atoms with E-state index in [1.54, 1.807) is 18.2 Å². The number of carbonyl (C=O) groups is 1. The predicted octanol–water partition coefficient (Wildman–Crippen LogP) is 3.67. The lowest BCUT2D eigenvalue weighted by atomic mass is 9.90. The monoisotopic (exact) mass is 346 g/mol. The zero-order valence-electron chi connectivity index (χ0n) is 12.2. The van der Waals surface area contributed by atoms with Crippen LogP contribution in [-0.4, -0.2) is 35.7 Å². The van der Waals surface area contributed by atoms with Crippen LogP contribution < -0.4 is 5.73 Å². The van der Waals surface area contributed by atoms with Crippen molar-refractivity contribution in [2.75, 3.05) is 19.6 Å². The van der Waals surface area contributed by atoms with Gasteiger partial charge in [0.15, 0.2) is 0 Å². The fourth-order valence-electron chi connectivity index (χ4n) is 2.44. The van der Waals surface area contributed by atoms with Crippen molar-refractivity contribution in [3.05, 3.63) is 28.2 Å². The Kier molecular flexibility index (Phi) is 5.47. The first-order valence-corrected chi connectivity index (χ1v) is 8.59. The standard InChI is InChI=1S/C15H20Cl2N2OS/c1-10(21-13-7-11(16)3-4-12(13)17)14(20)19-6-5-15(2,8-18)9-19/h3-4,7,10H,5-6,8-9,18H2,1-2H3. The Morgan fingerprint density at radius 2 is 2.24 bits per heavy atom. The van der Waals surface area contributed by atoms with Gasteiger partial charge in [0.2, 0.25) is 5.91 Å². The normalized spacial score (nSPS) is 23.4. The molecule has 1 fully saturated rings. The number of benzene rings is 1. The smallest absolute Gasteiger partial charge is 0.235 e. The number of nitrogens with two attached hydrogens (primary N) is 1. The highest BCUT2D eigenvalue weighted by molar-refractivity contribution is 8.00. The van der Waals surface area contributed by atoms with Crippen LogP contribution in [0.2, 0.25) is 10.0 Å². The maximum Gasteiger partial charge on any atom is 0.235 e. The molecule has 116 valence electrons. The van der Waals surface area contributed by atoms with E-state index in [1.165, 1.54) is 11.8 Å². The fourth-order valence-corrected chi connectivity index (χ4v) is 3.94. The molecule has 0 saturated carbocycles. The molecule has 1 saturated heterocycles. The molecular weight excluding hydrogens is 327 g/mol. The summed E-state index contributed by atoms with van der Waals surface area (Å²) in [5.41, 5.74) is 5.84. The molecule has 1 amide bonds. The molecule has 21 heavy (non-hydrogen) atoms. The summed E-state index contributed by atoms with van der Waals surface area (Å²) in [6, 6.07) is 5.30. The lowest BCUT2D eigenvalue weighted by molar-refractivity contribution is -0.129. The van der Waals surface area contributed by atoms with Crippen molar-refractivity contribution in [3.63, 3.8) is 0 Å². The minimum atomic E-state index is -0.193. The highest BCUT2D eigenvalue weighted by Crippen LogP contribution is 2.35. The van der Waals surface area contributed by atoms with Crippen molar-refractivity contribution >= 4 is 40.9 Å². The van der Waals surface area contributed by atoms with E-state index in [9.17, 15) is 4.79 Å². The average molecular weight is 347 g/mol. The Balaban J connectivity index is 2.02. The molecule has 1 aromatic rings. The van der Waals surface area contributed by atoms with Crippen molar-refractivity contribution in [1.29, 1.82) is 0 Å². The Labute approximate surface area is 140 Å². The van der Waals surface area contributed by atoms with Crippen LogP contribution in [-0.2, 0) is 4.79 Å². The van der Waals surface area contributed by atoms with Gasteiger partial charge in [0.25, 0.3) is 0 Å². The van der Waals surface area contributed by atoms with Gasteiger partial charge in [-0.05, 0) is 43.5 Å². The Morgan fingerprint density at radius 3 is 2.86 bits per heavy atom. The summed E-state index contributed by atoms with van der Waals surface area (Å²) in [6.45, 7) is 6.16. The molecule has 0 aliphatic carbocycles. The van der Waals surface area contributed by atoms with Gasteiger partial charge in [-0.2, -0.15) is 0 Å².